The fourth-order valence-electron chi connectivity index (χ4n) is 7.00. The van der Waals surface area contributed by atoms with E-state index in [0.717, 1.165) is 57.2 Å². The summed E-state index contributed by atoms with van der Waals surface area (Å²) in [4.78, 5) is 9.33. The molecule has 0 amide bonds. The minimum Gasteiger partial charge on any atom is -0.309 e. The summed E-state index contributed by atoms with van der Waals surface area (Å²) < 4.78 is 93.0. The van der Waals surface area contributed by atoms with Crippen LogP contribution in [0.3, 0.4) is 0 Å². The van der Waals surface area contributed by atoms with Crippen molar-refractivity contribution in [2.75, 3.05) is 0 Å². The highest BCUT2D eigenvalue weighted by Crippen LogP contribution is 2.56. The number of fused-ring (bicyclic) bond motifs is 3. The van der Waals surface area contributed by atoms with Gasteiger partial charge in [-0.2, -0.15) is 26.3 Å². The van der Waals surface area contributed by atoms with Crippen molar-refractivity contribution in [3.05, 3.63) is 175 Å². The number of nitrogens with zero attached hydrogens (tertiary/aromatic N) is 3. The van der Waals surface area contributed by atoms with Gasteiger partial charge in [-0.3, -0.25) is 0 Å². The molecule has 8 aromatic rings. The summed E-state index contributed by atoms with van der Waals surface area (Å²) in [5.41, 5.74) is -1.33. The SMILES string of the molecule is FC(F)(F)C(c1ccc(-c2nc(-c3ccccc3)cc(-c3ccccc3)n2)cc1)(c1ccc(-n2c3ccccc3c3ccccc32)cc1)C(F)(F)F. The third-order valence-electron chi connectivity index (χ3n) is 9.43. The average molecular weight is 700 g/mol. The van der Waals surface area contributed by atoms with E-state index >= 15 is 26.3 Å². The molecule has 0 fully saturated rings. The first-order valence-corrected chi connectivity index (χ1v) is 16.4. The van der Waals surface area contributed by atoms with Crippen LogP contribution in [0, 0.1) is 0 Å². The Morgan fingerprint density at radius 3 is 1.25 bits per heavy atom. The number of rotatable bonds is 6. The predicted octanol–water partition coefficient (Wildman–Crippen LogP) is 12.0. The predicted molar refractivity (Wildman–Crippen MR) is 192 cm³/mol. The van der Waals surface area contributed by atoms with Gasteiger partial charge in [-0.15, -0.1) is 0 Å². The maximum atomic E-state index is 15.2. The summed E-state index contributed by atoms with van der Waals surface area (Å²) in [5.74, 6) is 0.159. The number of alkyl halides is 6. The Kier molecular flexibility index (Phi) is 7.94. The third-order valence-corrected chi connectivity index (χ3v) is 9.43. The van der Waals surface area contributed by atoms with E-state index in [1.807, 2.05) is 114 Å². The lowest BCUT2D eigenvalue weighted by Crippen LogP contribution is -2.54. The quantitative estimate of drug-likeness (QED) is 0.162. The number of hydrogen-bond donors (Lipinski definition) is 0. The van der Waals surface area contributed by atoms with E-state index in [1.165, 1.54) is 24.3 Å². The zero-order chi connectivity index (χ0) is 36.1. The molecule has 0 saturated carbocycles. The lowest BCUT2D eigenvalue weighted by Gasteiger charge is -2.38. The van der Waals surface area contributed by atoms with Crippen LogP contribution in [0.4, 0.5) is 26.3 Å². The standard InChI is InChI=1S/C43H27F6N3/c44-42(45,46)41(43(47,48)49,32-23-25-33(26-24-32)52-38-17-9-7-15-34(38)35-16-8-10-18-39(35)52)31-21-19-30(20-22-31)40-50-36(28-11-3-1-4-12-28)27-37(51-40)29-13-5-2-6-14-29/h1-27H. The Morgan fingerprint density at radius 2 is 0.808 bits per heavy atom. The molecule has 0 unspecified atom stereocenters. The minimum absolute atomic E-state index is 0.159. The van der Waals surface area contributed by atoms with Gasteiger partial charge in [0.2, 0.25) is 5.41 Å². The van der Waals surface area contributed by atoms with E-state index in [9.17, 15) is 0 Å². The number of halogens is 6. The van der Waals surface area contributed by atoms with Gasteiger partial charge in [0.25, 0.3) is 0 Å². The van der Waals surface area contributed by atoms with Gasteiger partial charge in [0.1, 0.15) is 0 Å². The first-order chi connectivity index (χ1) is 25.1. The fraction of sp³-hybridized carbons (Fsp3) is 0.0698. The smallest absolute Gasteiger partial charge is 0.309 e. The molecule has 0 radical (unpaired) electrons. The van der Waals surface area contributed by atoms with Gasteiger partial charge in [-0.1, -0.05) is 133 Å². The molecule has 8 rings (SSSR count). The van der Waals surface area contributed by atoms with Crippen LogP contribution in [-0.4, -0.2) is 26.9 Å². The molecule has 52 heavy (non-hydrogen) atoms. The molecule has 3 nitrogen and oxygen atoms in total. The highest BCUT2D eigenvalue weighted by Gasteiger charge is 2.72. The zero-order valence-corrected chi connectivity index (χ0v) is 27.2. The van der Waals surface area contributed by atoms with Gasteiger partial charge in [-0.25, -0.2) is 9.97 Å². The van der Waals surface area contributed by atoms with Crippen molar-refractivity contribution >= 4 is 21.8 Å². The van der Waals surface area contributed by atoms with E-state index in [2.05, 4.69) is 9.97 Å². The van der Waals surface area contributed by atoms with Gasteiger partial charge < -0.3 is 4.57 Å². The molecular formula is C43H27F6N3. The molecule has 2 aromatic heterocycles. The normalized spacial score (nSPS) is 12.4. The Morgan fingerprint density at radius 1 is 0.404 bits per heavy atom. The number of hydrogen-bond acceptors (Lipinski definition) is 2. The van der Waals surface area contributed by atoms with Gasteiger partial charge in [0.05, 0.1) is 22.4 Å². The van der Waals surface area contributed by atoms with Crippen molar-refractivity contribution in [1.82, 2.24) is 14.5 Å². The summed E-state index contributed by atoms with van der Waals surface area (Å²) in [5, 5.41) is 1.83. The van der Waals surface area contributed by atoms with Crippen LogP contribution >= 0.6 is 0 Å². The van der Waals surface area contributed by atoms with Crippen LogP contribution in [-0.2, 0) is 5.41 Å². The molecular weight excluding hydrogens is 672 g/mol. The van der Waals surface area contributed by atoms with Crippen molar-refractivity contribution in [3.63, 3.8) is 0 Å². The summed E-state index contributed by atoms with van der Waals surface area (Å²) in [7, 11) is 0. The zero-order valence-electron chi connectivity index (χ0n) is 27.2. The van der Waals surface area contributed by atoms with Crippen molar-refractivity contribution in [2.45, 2.75) is 17.8 Å². The molecule has 0 spiro atoms. The van der Waals surface area contributed by atoms with Gasteiger partial charge >= 0.3 is 12.4 Å². The van der Waals surface area contributed by atoms with E-state index in [1.54, 1.807) is 6.07 Å². The number of benzene rings is 6. The monoisotopic (exact) mass is 699 g/mol. The Balaban J connectivity index is 1.25. The molecule has 6 aromatic carbocycles. The van der Waals surface area contributed by atoms with Crippen LogP contribution in [0.2, 0.25) is 0 Å². The lowest BCUT2D eigenvalue weighted by atomic mass is 9.72. The second-order valence-corrected chi connectivity index (χ2v) is 12.4. The first kappa shape index (κ1) is 33.0. The average Bonchev–Trinajstić information content (AvgIpc) is 3.49. The molecule has 0 aliphatic heterocycles. The first-order valence-electron chi connectivity index (χ1n) is 16.4. The molecule has 2 heterocycles. The molecule has 0 N–H and O–H groups in total. The molecule has 0 atom stereocenters. The lowest BCUT2D eigenvalue weighted by molar-refractivity contribution is -0.288. The van der Waals surface area contributed by atoms with Crippen molar-refractivity contribution in [1.29, 1.82) is 0 Å². The fourth-order valence-corrected chi connectivity index (χ4v) is 7.00. The summed E-state index contributed by atoms with van der Waals surface area (Å²) in [6, 6.07) is 44.0. The third kappa shape index (κ3) is 5.40. The maximum Gasteiger partial charge on any atom is 0.411 e. The Bertz CT molecular complexity index is 2400. The van der Waals surface area contributed by atoms with Gasteiger partial charge in [0.15, 0.2) is 5.82 Å². The topological polar surface area (TPSA) is 30.7 Å². The van der Waals surface area contributed by atoms with Crippen molar-refractivity contribution in [2.24, 2.45) is 0 Å². The summed E-state index contributed by atoms with van der Waals surface area (Å²) >= 11 is 0. The van der Waals surface area contributed by atoms with Crippen molar-refractivity contribution in [3.8, 4) is 39.6 Å². The Labute approximate surface area is 294 Å². The van der Waals surface area contributed by atoms with Crippen LogP contribution in [0.1, 0.15) is 11.1 Å². The van der Waals surface area contributed by atoms with Crippen LogP contribution in [0.5, 0.6) is 0 Å². The molecule has 0 saturated heterocycles. The van der Waals surface area contributed by atoms with Crippen molar-refractivity contribution < 1.29 is 26.3 Å². The summed E-state index contributed by atoms with van der Waals surface area (Å²) in [6.07, 6.45) is -11.5. The molecule has 9 heteroatoms. The summed E-state index contributed by atoms with van der Waals surface area (Å²) in [6.45, 7) is 0. The maximum absolute atomic E-state index is 15.2. The molecule has 0 aliphatic rings. The Hall–Kier alpha value is -6.22. The van der Waals surface area contributed by atoms with E-state index in [-0.39, 0.29) is 11.4 Å². The van der Waals surface area contributed by atoms with Crippen LogP contribution < -0.4 is 0 Å². The highest BCUT2D eigenvalue weighted by molar-refractivity contribution is 6.09. The molecule has 0 bridgehead atoms. The molecule has 256 valence electrons. The second-order valence-electron chi connectivity index (χ2n) is 12.4. The van der Waals surface area contributed by atoms with Crippen LogP contribution in [0.25, 0.3) is 61.4 Å². The van der Waals surface area contributed by atoms with E-state index in [0.29, 0.717) is 17.1 Å². The number of para-hydroxylation sites is 2. The minimum atomic E-state index is -5.74. The van der Waals surface area contributed by atoms with Crippen LogP contribution in [0.15, 0.2) is 164 Å². The van der Waals surface area contributed by atoms with E-state index in [4.69, 9.17) is 0 Å². The number of aromatic nitrogens is 3. The second kappa shape index (κ2) is 12.5. The van der Waals surface area contributed by atoms with Gasteiger partial charge in [0, 0.05) is 33.2 Å². The largest absolute Gasteiger partial charge is 0.411 e. The molecule has 0 aliphatic carbocycles. The van der Waals surface area contributed by atoms with Gasteiger partial charge in [-0.05, 0) is 41.5 Å². The highest BCUT2D eigenvalue weighted by atomic mass is 19.4. The van der Waals surface area contributed by atoms with E-state index < -0.39 is 28.9 Å².